The summed E-state index contributed by atoms with van der Waals surface area (Å²) in [6, 6.07) is 18.0. The van der Waals surface area contributed by atoms with E-state index >= 15 is 0 Å². The van der Waals surface area contributed by atoms with Gasteiger partial charge in [-0.25, -0.2) is 8.42 Å². The van der Waals surface area contributed by atoms with Gasteiger partial charge in [-0.05, 0) is 62.4 Å². The van der Waals surface area contributed by atoms with Gasteiger partial charge < -0.3 is 13.8 Å². The lowest BCUT2D eigenvalue weighted by Gasteiger charge is -2.33. The molecule has 1 unspecified atom stereocenters. The summed E-state index contributed by atoms with van der Waals surface area (Å²) in [5.74, 6) is 1.06. The van der Waals surface area contributed by atoms with Crippen molar-refractivity contribution in [2.75, 3.05) is 19.5 Å². The lowest BCUT2D eigenvalue weighted by molar-refractivity contribution is 0.0553. The molecule has 0 N–H and O–H groups in total. The summed E-state index contributed by atoms with van der Waals surface area (Å²) in [6.07, 6.45) is 4.95. The van der Waals surface area contributed by atoms with E-state index in [1.54, 1.807) is 12.1 Å². The molecule has 0 aliphatic carbocycles. The van der Waals surface area contributed by atoms with E-state index < -0.39 is 9.84 Å². The molecule has 6 rings (SSSR count). The Morgan fingerprint density at radius 3 is 2.43 bits per heavy atom. The van der Waals surface area contributed by atoms with E-state index in [-0.39, 0.29) is 6.04 Å². The molecule has 5 aromatic rings. The van der Waals surface area contributed by atoms with Crippen LogP contribution >= 0.6 is 0 Å². The Balaban J connectivity index is 1.71. The highest BCUT2D eigenvalue weighted by Crippen LogP contribution is 2.42. The zero-order chi connectivity index (χ0) is 25.7. The Kier molecular flexibility index (Phi) is 5.88. The van der Waals surface area contributed by atoms with Gasteiger partial charge in [0.1, 0.15) is 5.76 Å². The highest BCUT2D eigenvalue weighted by molar-refractivity contribution is 7.90. The van der Waals surface area contributed by atoms with E-state index in [0.717, 1.165) is 57.4 Å². The average Bonchev–Trinajstić information content (AvgIpc) is 3.40. The zero-order valence-electron chi connectivity index (χ0n) is 21.1. The van der Waals surface area contributed by atoms with Gasteiger partial charge >= 0.3 is 0 Å². The maximum absolute atomic E-state index is 12.6. The minimum Gasteiger partial charge on any atom is -0.381 e. The molecule has 0 radical (unpaired) electrons. The summed E-state index contributed by atoms with van der Waals surface area (Å²) in [6.45, 7) is 5.26. The van der Waals surface area contributed by atoms with E-state index in [2.05, 4.69) is 40.1 Å². The van der Waals surface area contributed by atoms with Gasteiger partial charge in [-0.1, -0.05) is 35.5 Å². The molecule has 190 valence electrons. The average molecular weight is 516 g/mol. The van der Waals surface area contributed by atoms with Crippen LogP contribution in [0.4, 0.5) is 0 Å². The molecule has 0 amide bonds. The minimum atomic E-state index is -3.39. The molecule has 3 aromatic heterocycles. The quantitative estimate of drug-likeness (QED) is 0.290. The fourth-order valence-electron chi connectivity index (χ4n) is 5.76. The van der Waals surface area contributed by atoms with E-state index in [9.17, 15) is 8.42 Å². The van der Waals surface area contributed by atoms with Crippen molar-refractivity contribution in [2.24, 2.45) is 5.92 Å². The maximum atomic E-state index is 12.6. The van der Waals surface area contributed by atoms with Crippen molar-refractivity contribution in [3.05, 3.63) is 77.8 Å². The zero-order valence-corrected chi connectivity index (χ0v) is 22.0. The number of ether oxygens (including phenoxy) is 1. The van der Waals surface area contributed by atoms with Gasteiger partial charge in [0.05, 0.1) is 33.2 Å². The van der Waals surface area contributed by atoms with Gasteiger partial charge in [0.25, 0.3) is 0 Å². The maximum Gasteiger partial charge on any atom is 0.175 e. The van der Waals surface area contributed by atoms with Crippen LogP contribution < -0.4 is 0 Å². The number of fused-ring (bicyclic) bond motifs is 3. The molecule has 37 heavy (non-hydrogen) atoms. The van der Waals surface area contributed by atoms with Crippen LogP contribution in [0, 0.1) is 19.8 Å². The monoisotopic (exact) mass is 515 g/mol. The predicted molar refractivity (Wildman–Crippen MR) is 143 cm³/mol. The smallest absolute Gasteiger partial charge is 0.175 e. The molecule has 7 nitrogen and oxygen atoms in total. The molecule has 0 spiro atoms. The summed E-state index contributed by atoms with van der Waals surface area (Å²) in [4.78, 5) is 5.22. The number of hydrogen-bond acceptors (Lipinski definition) is 6. The highest BCUT2D eigenvalue weighted by Gasteiger charge is 2.30. The minimum absolute atomic E-state index is 0.0124. The lowest BCUT2D eigenvalue weighted by atomic mass is 9.86. The van der Waals surface area contributed by atoms with Crippen LogP contribution in [0.2, 0.25) is 0 Å². The van der Waals surface area contributed by atoms with E-state index in [1.807, 2.05) is 32.2 Å². The van der Waals surface area contributed by atoms with Crippen LogP contribution in [-0.2, 0) is 14.6 Å². The second-order valence-electron chi connectivity index (χ2n) is 9.92. The third-order valence-corrected chi connectivity index (χ3v) is 8.60. The second-order valence-corrected chi connectivity index (χ2v) is 11.9. The first kappa shape index (κ1) is 23.9. The normalized spacial score (nSPS) is 16.0. The molecule has 0 saturated carbocycles. The molecule has 1 aliphatic heterocycles. The van der Waals surface area contributed by atoms with Gasteiger partial charge in [-0.3, -0.25) is 4.98 Å². The molecular formula is C29H29N3O4S. The van der Waals surface area contributed by atoms with Crippen LogP contribution in [0.3, 0.4) is 0 Å². The summed E-state index contributed by atoms with van der Waals surface area (Å²) in [7, 11) is -3.39. The van der Waals surface area contributed by atoms with Gasteiger partial charge in [0.2, 0.25) is 0 Å². The van der Waals surface area contributed by atoms with E-state index in [4.69, 9.17) is 14.2 Å². The van der Waals surface area contributed by atoms with Crippen molar-refractivity contribution in [2.45, 2.75) is 37.6 Å². The highest BCUT2D eigenvalue weighted by atomic mass is 32.2. The molecule has 4 heterocycles. The summed E-state index contributed by atoms with van der Waals surface area (Å²) in [5.41, 5.74) is 6.52. The SMILES string of the molecule is Cc1noc(C)c1-c1cnc2c3ccc(S(C)(=O)=O)cc3n(C(c3ccccc3)C3CCOCC3)c2c1. The van der Waals surface area contributed by atoms with Crippen molar-refractivity contribution in [1.29, 1.82) is 0 Å². The predicted octanol–water partition coefficient (Wildman–Crippen LogP) is 5.88. The second kappa shape index (κ2) is 9.11. The third kappa shape index (κ3) is 4.14. The number of nitrogens with zero attached hydrogens (tertiary/aromatic N) is 3. The van der Waals surface area contributed by atoms with Crippen molar-refractivity contribution in [3.8, 4) is 11.1 Å². The van der Waals surface area contributed by atoms with E-state index in [1.165, 1.54) is 11.8 Å². The van der Waals surface area contributed by atoms with Crippen molar-refractivity contribution in [1.82, 2.24) is 14.7 Å². The molecule has 2 aromatic carbocycles. The fourth-order valence-corrected chi connectivity index (χ4v) is 6.40. The molecule has 1 atom stereocenters. The third-order valence-electron chi connectivity index (χ3n) is 7.49. The molecule has 8 heteroatoms. The van der Waals surface area contributed by atoms with Crippen LogP contribution in [0.5, 0.6) is 0 Å². The number of aromatic nitrogens is 3. The van der Waals surface area contributed by atoms with Crippen LogP contribution in [0.1, 0.15) is 35.9 Å². The molecular weight excluding hydrogens is 486 g/mol. The standard InChI is InChI=1S/C29H29N3O4S/c1-18-27(19(2)36-31-18)22-15-26-28(30-17-22)24-10-9-23(37(3,33)34)16-25(24)32(26)29(20-7-5-4-6-8-20)21-11-13-35-14-12-21/h4-10,15-17,21,29H,11-14H2,1-3H3. The summed E-state index contributed by atoms with van der Waals surface area (Å²) >= 11 is 0. The fraction of sp³-hybridized carbons (Fsp3) is 0.310. The number of aryl methyl sites for hydroxylation is 2. The number of sulfone groups is 1. The Bertz CT molecular complexity index is 1700. The first-order valence-corrected chi connectivity index (χ1v) is 14.4. The van der Waals surface area contributed by atoms with Gasteiger partial charge in [-0.2, -0.15) is 0 Å². The Morgan fingerprint density at radius 1 is 1.00 bits per heavy atom. The summed E-state index contributed by atoms with van der Waals surface area (Å²) in [5, 5.41) is 5.07. The first-order valence-electron chi connectivity index (χ1n) is 12.5. The van der Waals surface area contributed by atoms with Crippen molar-refractivity contribution >= 4 is 31.8 Å². The molecule has 1 aliphatic rings. The number of hydrogen-bond donors (Lipinski definition) is 0. The van der Waals surface area contributed by atoms with Gasteiger partial charge in [0.15, 0.2) is 9.84 Å². The molecule has 1 fully saturated rings. The molecule has 1 saturated heterocycles. The number of pyridine rings is 1. The van der Waals surface area contributed by atoms with Crippen LogP contribution in [0.25, 0.3) is 33.1 Å². The van der Waals surface area contributed by atoms with Gasteiger partial charge in [-0.15, -0.1) is 0 Å². The first-order chi connectivity index (χ1) is 17.8. The van der Waals surface area contributed by atoms with Crippen molar-refractivity contribution in [3.63, 3.8) is 0 Å². The van der Waals surface area contributed by atoms with Crippen LogP contribution in [0.15, 0.2) is 70.2 Å². The Labute approximate surface area is 216 Å². The Hall–Kier alpha value is -3.49. The summed E-state index contributed by atoms with van der Waals surface area (Å²) < 4.78 is 38.6. The van der Waals surface area contributed by atoms with Gasteiger partial charge in [0, 0.05) is 42.2 Å². The lowest BCUT2D eigenvalue weighted by Crippen LogP contribution is -2.27. The largest absolute Gasteiger partial charge is 0.381 e. The van der Waals surface area contributed by atoms with E-state index in [0.29, 0.717) is 24.0 Å². The van der Waals surface area contributed by atoms with Crippen molar-refractivity contribution < 1.29 is 17.7 Å². The molecule has 0 bridgehead atoms. The van der Waals surface area contributed by atoms with Crippen LogP contribution in [-0.4, -0.2) is 42.6 Å². The topological polar surface area (TPSA) is 87.2 Å². The number of benzene rings is 2. The Morgan fingerprint density at radius 2 is 1.76 bits per heavy atom. The number of rotatable bonds is 5.